The summed E-state index contributed by atoms with van der Waals surface area (Å²) in [5, 5.41) is 3.13. The molecule has 0 aromatic carbocycles. The van der Waals surface area contributed by atoms with Gasteiger partial charge in [0.05, 0.1) is 6.61 Å². The maximum absolute atomic E-state index is 12.5. The Morgan fingerprint density at radius 2 is 2.04 bits per heavy atom. The summed E-state index contributed by atoms with van der Waals surface area (Å²) in [7, 11) is 0. The van der Waals surface area contributed by atoms with Crippen molar-refractivity contribution in [3.8, 4) is 0 Å². The fourth-order valence-electron chi connectivity index (χ4n) is 2.32. The summed E-state index contributed by atoms with van der Waals surface area (Å²) in [5.74, 6) is -0.129. The van der Waals surface area contributed by atoms with Crippen LogP contribution in [0.3, 0.4) is 0 Å². The van der Waals surface area contributed by atoms with E-state index >= 15 is 0 Å². The van der Waals surface area contributed by atoms with E-state index in [4.69, 9.17) is 4.74 Å². The first-order valence-corrected chi connectivity index (χ1v) is 7.67. The summed E-state index contributed by atoms with van der Waals surface area (Å²) in [4.78, 5) is 31.6. The molecule has 7 nitrogen and oxygen atoms in total. The van der Waals surface area contributed by atoms with Gasteiger partial charge < -0.3 is 19.9 Å². The number of ether oxygens (including phenoxy) is 1. The van der Waals surface area contributed by atoms with Crippen LogP contribution in [-0.4, -0.2) is 66.1 Å². The van der Waals surface area contributed by atoms with E-state index in [0.717, 1.165) is 5.69 Å². The lowest BCUT2D eigenvalue weighted by atomic mass is 10.2. The van der Waals surface area contributed by atoms with Crippen molar-refractivity contribution >= 4 is 17.7 Å². The van der Waals surface area contributed by atoms with Gasteiger partial charge in [0.1, 0.15) is 5.69 Å². The first kappa shape index (κ1) is 16.8. The third kappa shape index (κ3) is 4.45. The minimum Gasteiger partial charge on any atom is -0.450 e. The zero-order valence-electron chi connectivity index (χ0n) is 13.3. The number of anilines is 1. The molecular weight excluding hydrogens is 296 g/mol. The van der Waals surface area contributed by atoms with Gasteiger partial charge in [0.2, 0.25) is 0 Å². The van der Waals surface area contributed by atoms with Gasteiger partial charge in [0.25, 0.3) is 5.91 Å². The lowest BCUT2D eigenvalue weighted by molar-refractivity contribution is 0.0566. The van der Waals surface area contributed by atoms with Crippen molar-refractivity contribution in [2.45, 2.75) is 6.92 Å². The van der Waals surface area contributed by atoms with Crippen LogP contribution in [0.15, 0.2) is 31.0 Å². The van der Waals surface area contributed by atoms with Gasteiger partial charge in [0, 0.05) is 44.6 Å². The minimum atomic E-state index is -0.326. The van der Waals surface area contributed by atoms with Crippen LogP contribution in [0, 0.1) is 0 Å². The number of pyridine rings is 1. The molecule has 0 unspecified atom stereocenters. The van der Waals surface area contributed by atoms with E-state index in [1.54, 1.807) is 41.1 Å². The fourth-order valence-corrected chi connectivity index (χ4v) is 2.32. The van der Waals surface area contributed by atoms with Gasteiger partial charge in [-0.15, -0.1) is 6.58 Å². The van der Waals surface area contributed by atoms with Crippen LogP contribution in [-0.2, 0) is 4.74 Å². The number of piperazine rings is 1. The zero-order chi connectivity index (χ0) is 16.7. The number of carbonyl (C=O) groups is 2. The lowest BCUT2D eigenvalue weighted by Gasteiger charge is -2.33. The van der Waals surface area contributed by atoms with E-state index in [1.165, 1.54) is 0 Å². The molecule has 0 radical (unpaired) electrons. The average Bonchev–Trinajstić information content (AvgIpc) is 2.60. The van der Waals surface area contributed by atoms with E-state index in [1.807, 2.05) is 0 Å². The number of aromatic nitrogens is 1. The van der Waals surface area contributed by atoms with Crippen LogP contribution >= 0.6 is 0 Å². The largest absolute Gasteiger partial charge is 0.450 e. The van der Waals surface area contributed by atoms with Gasteiger partial charge in [-0.05, 0) is 19.1 Å². The van der Waals surface area contributed by atoms with Crippen LogP contribution in [0.5, 0.6) is 0 Å². The predicted octanol–water partition coefficient (Wildman–Crippen LogP) is 1.59. The molecule has 124 valence electrons. The van der Waals surface area contributed by atoms with E-state index < -0.39 is 0 Å². The van der Waals surface area contributed by atoms with E-state index in [2.05, 4.69) is 16.9 Å². The number of amides is 2. The van der Waals surface area contributed by atoms with Crippen molar-refractivity contribution in [3.63, 3.8) is 0 Å². The quantitative estimate of drug-likeness (QED) is 0.835. The van der Waals surface area contributed by atoms with Crippen molar-refractivity contribution in [2.24, 2.45) is 0 Å². The molecule has 1 aliphatic rings. The summed E-state index contributed by atoms with van der Waals surface area (Å²) >= 11 is 0. The molecule has 0 aliphatic carbocycles. The van der Waals surface area contributed by atoms with Gasteiger partial charge in [-0.2, -0.15) is 0 Å². The van der Waals surface area contributed by atoms with Crippen molar-refractivity contribution in [1.29, 1.82) is 0 Å². The topological polar surface area (TPSA) is 74.8 Å². The molecule has 0 atom stereocenters. The first-order chi connectivity index (χ1) is 11.2. The van der Waals surface area contributed by atoms with Gasteiger partial charge in [-0.25, -0.2) is 4.79 Å². The Morgan fingerprint density at radius 1 is 1.35 bits per heavy atom. The third-order valence-electron chi connectivity index (χ3n) is 3.52. The number of hydrogen-bond donors (Lipinski definition) is 1. The molecule has 2 rings (SSSR count). The van der Waals surface area contributed by atoms with Crippen LogP contribution in [0.2, 0.25) is 0 Å². The van der Waals surface area contributed by atoms with E-state index in [0.29, 0.717) is 45.0 Å². The summed E-state index contributed by atoms with van der Waals surface area (Å²) < 4.78 is 4.97. The van der Waals surface area contributed by atoms with Crippen LogP contribution in [0.4, 0.5) is 10.5 Å². The van der Waals surface area contributed by atoms with Crippen LogP contribution in [0.25, 0.3) is 0 Å². The first-order valence-electron chi connectivity index (χ1n) is 7.67. The zero-order valence-corrected chi connectivity index (χ0v) is 13.3. The van der Waals surface area contributed by atoms with Crippen molar-refractivity contribution < 1.29 is 14.3 Å². The highest BCUT2D eigenvalue weighted by atomic mass is 16.6. The molecule has 1 fully saturated rings. The molecule has 7 heteroatoms. The predicted molar refractivity (Wildman–Crippen MR) is 87.4 cm³/mol. The molecule has 1 aromatic heterocycles. The molecule has 1 aliphatic heterocycles. The van der Waals surface area contributed by atoms with Gasteiger partial charge in [0.15, 0.2) is 0 Å². The summed E-state index contributed by atoms with van der Waals surface area (Å²) in [6.45, 7) is 8.29. The number of carbonyl (C=O) groups excluding carboxylic acids is 2. The minimum absolute atomic E-state index is 0.129. The molecule has 2 amide bonds. The third-order valence-corrected chi connectivity index (χ3v) is 3.52. The fraction of sp³-hybridized carbons (Fsp3) is 0.438. The molecule has 2 heterocycles. The second kappa shape index (κ2) is 8.17. The Labute approximate surface area is 135 Å². The monoisotopic (exact) mass is 318 g/mol. The summed E-state index contributed by atoms with van der Waals surface area (Å²) in [6, 6.07) is 3.53. The van der Waals surface area contributed by atoms with Gasteiger partial charge in [-0.3, -0.25) is 9.78 Å². The SMILES string of the molecule is C=CCNc1ccnc(C(=O)N2CCN(C(=O)OCC)CC2)c1. The second-order valence-corrected chi connectivity index (χ2v) is 5.08. The Hall–Kier alpha value is -2.57. The van der Waals surface area contributed by atoms with Gasteiger partial charge in [-0.1, -0.05) is 6.08 Å². The Morgan fingerprint density at radius 3 is 2.70 bits per heavy atom. The number of rotatable bonds is 5. The maximum atomic E-state index is 12.5. The Kier molecular flexibility index (Phi) is 5.96. The molecule has 0 spiro atoms. The molecule has 0 bridgehead atoms. The second-order valence-electron chi connectivity index (χ2n) is 5.08. The smallest absolute Gasteiger partial charge is 0.409 e. The van der Waals surface area contributed by atoms with Crippen molar-refractivity contribution in [3.05, 3.63) is 36.7 Å². The Bertz CT molecular complexity index is 568. The van der Waals surface area contributed by atoms with Gasteiger partial charge >= 0.3 is 6.09 Å². The average molecular weight is 318 g/mol. The van der Waals surface area contributed by atoms with Crippen LogP contribution < -0.4 is 5.32 Å². The Balaban J connectivity index is 1.94. The van der Waals surface area contributed by atoms with Crippen LogP contribution in [0.1, 0.15) is 17.4 Å². The highest BCUT2D eigenvalue weighted by Gasteiger charge is 2.26. The normalized spacial score (nSPS) is 14.3. The molecule has 0 saturated carbocycles. The molecule has 23 heavy (non-hydrogen) atoms. The molecule has 1 aromatic rings. The van der Waals surface area contributed by atoms with E-state index in [-0.39, 0.29) is 12.0 Å². The number of nitrogens with zero attached hydrogens (tertiary/aromatic N) is 3. The molecule has 1 N–H and O–H groups in total. The lowest BCUT2D eigenvalue weighted by Crippen LogP contribution is -2.50. The number of hydrogen-bond acceptors (Lipinski definition) is 5. The highest BCUT2D eigenvalue weighted by Crippen LogP contribution is 2.12. The van der Waals surface area contributed by atoms with Crippen molar-refractivity contribution in [2.75, 3.05) is 44.6 Å². The highest BCUT2D eigenvalue weighted by molar-refractivity contribution is 5.93. The summed E-state index contributed by atoms with van der Waals surface area (Å²) in [6.07, 6.45) is 3.03. The maximum Gasteiger partial charge on any atom is 0.409 e. The van der Waals surface area contributed by atoms with Crippen molar-refractivity contribution in [1.82, 2.24) is 14.8 Å². The molecule has 1 saturated heterocycles. The van der Waals surface area contributed by atoms with E-state index in [9.17, 15) is 9.59 Å². The number of nitrogens with one attached hydrogen (secondary N) is 1. The molecular formula is C16H22N4O3. The summed E-state index contributed by atoms with van der Waals surface area (Å²) in [5.41, 5.74) is 1.22. The standard InChI is InChI=1S/C16H22N4O3/c1-3-6-17-13-5-7-18-14(12-13)15(21)19-8-10-20(11-9-19)16(22)23-4-2/h3,5,7,12H,1,4,6,8-11H2,2H3,(H,17,18).